The first-order valence-corrected chi connectivity index (χ1v) is 10.3. The van der Waals surface area contributed by atoms with Crippen LogP contribution in [0.1, 0.15) is 31.4 Å². The van der Waals surface area contributed by atoms with E-state index in [1.807, 2.05) is 47.9 Å². The lowest BCUT2D eigenvalue weighted by molar-refractivity contribution is 0.0736. The molecular weight excluding hydrogens is 374 g/mol. The van der Waals surface area contributed by atoms with Gasteiger partial charge in [0.05, 0.1) is 6.20 Å². The van der Waals surface area contributed by atoms with Gasteiger partial charge in [-0.2, -0.15) is 5.10 Å². The van der Waals surface area contributed by atoms with Gasteiger partial charge in [0.1, 0.15) is 10.7 Å². The molecule has 28 heavy (non-hydrogen) atoms. The van der Waals surface area contributed by atoms with E-state index in [0.717, 1.165) is 21.1 Å². The number of hydrogen-bond donors (Lipinski definition) is 0. The summed E-state index contributed by atoms with van der Waals surface area (Å²) in [5, 5.41) is 5.25. The van der Waals surface area contributed by atoms with Crippen LogP contribution in [-0.4, -0.2) is 62.4 Å². The number of benzene rings is 1. The number of carbonyl (C=O) groups is 2. The molecule has 4 heterocycles. The van der Waals surface area contributed by atoms with Crippen LogP contribution in [0, 0.1) is 25.7 Å². The van der Waals surface area contributed by atoms with Crippen molar-refractivity contribution < 1.29 is 9.59 Å². The van der Waals surface area contributed by atoms with E-state index < -0.39 is 0 Å². The van der Waals surface area contributed by atoms with Gasteiger partial charge in [-0.3, -0.25) is 9.59 Å². The molecule has 0 saturated carbocycles. The molecule has 2 atom stereocenters. The summed E-state index contributed by atoms with van der Waals surface area (Å²) in [6, 6.07) is 7.72. The van der Waals surface area contributed by atoms with Gasteiger partial charge in [-0.15, -0.1) is 0 Å². The summed E-state index contributed by atoms with van der Waals surface area (Å²) in [6.07, 6.45) is 1.71. The highest BCUT2D eigenvalue weighted by Crippen LogP contribution is 2.32. The van der Waals surface area contributed by atoms with Gasteiger partial charge < -0.3 is 9.80 Å². The molecule has 1 aromatic carbocycles. The van der Waals surface area contributed by atoms with Gasteiger partial charge in [0.25, 0.3) is 11.8 Å². The summed E-state index contributed by atoms with van der Waals surface area (Å²) in [4.78, 5) is 34.6. The van der Waals surface area contributed by atoms with E-state index in [-0.39, 0.29) is 11.8 Å². The Labute approximate surface area is 166 Å². The van der Waals surface area contributed by atoms with Crippen molar-refractivity contribution in [2.24, 2.45) is 11.8 Å². The molecule has 8 heteroatoms. The molecule has 3 aromatic rings. The van der Waals surface area contributed by atoms with Crippen LogP contribution >= 0.6 is 11.3 Å². The molecular formula is C20H21N5O2S. The second-order valence-electron chi connectivity index (χ2n) is 7.78. The van der Waals surface area contributed by atoms with Crippen molar-refractivity contribution in [1.82, 2.24) is 24.4 Å². The number of carbonyl (C=O) groups excluding carboxylic acids is 2. The van der Waals surface area contributed by atoms with E-state index >= 15 is 0 Å². The number of likely N-dealkylation sites (tertiary alicyclic amines) is 2. The first-order valence-electron chi connectivity index (χ1n) is 9.46. The SMILES string of the molecule is Cc1ccc(C(=O)N2C[C@@H]3CN(C(=O)c4cn5nc(C)sc5n4)C[C@@H]3C2)cc1. The van der Waals surface area contributed by atoms with E-state index in [1.54, 1.807) is 10.7 Å². The summed E-state index contributed by atoms with van der Waals surface area (Å²) in [6.45, 7) is 6.71. The van der Waals surface area contributed by atoms with Crippen molar-refractivity contribution in [3.63, 3.8) is 0 Å². The Bertz CT molecular complexity index is 1020. The smallest absolute Gasteiger partial charge is 0.274 e. The number of aryl methyl sites for hydroxylation is 2. The lowest BCUT2D eigenvalue weighted by atomic mass is 10.0. The molecule has 7 nitrogen and oxygen atoms in total. The largest absolute Gasteiger partial charge is 0.338 e. The second-order valence-corrected chi connectivity index (χ2v) is 8.94. The predicted octanol–water partition coefficient (Wildman–Crippen LogP) is 2.25. The van der Waals surface area contributed by atoms with Gasteiger partial charge in [0.2, 0.25) is 4.96 Å². The topological polar surface area (TPSA) is 70.8 Å². The van der Waals surface area contributed by atoms with Crippen molar-refractivity contribution in [3.8, 4) is 0 Å². The first-order chi connectivity index (χ1) is 13.5. The average Bonchev–Trinajstić information content (AvgIpc) is 3.39. The summed E-state index contributed by atoms with van der Waals surface area (Å²) >= 11 is 1.48. The molecule has 2 aromatic heterocycles. The first kappa shape index (κ1) is 17.4. The Balaban J connectivity index is 1.25. The molecule has 2 amide bonds. The molecule has 0 radical (unpaired) electrons. The fourth-order valence-electron chi connectivity index (χ4n) is 4.27. The van der Waals surface area contributed by atoms with Gasteiger partial charge in [-0.1, -0.05) is 29.0 Å². The van der Waals surface area contributed by atoms with Crippen LogP contribution < -0.4 is 0 Å². The second kappa shape index (κ2) is 6.41. The van der Waals surface area contributed by atoms with Gasteiger partial charge in [0, 0.05) is 43.6 Å². The molecule has 0 bridgehead atoms. The Morgan fingerprint density at radius 1 is 0.964 bits per heavy atom. The number of amides is 2. The number of hydrogen-bond acceptors (Lipinski definition) is 5. The fraction of sp³-hybridized carbons (Fsp3) is 0.400. The maximum Gasteiger partial charge on any atom is 0.274 e. The van der Waals surface area contributed by atoms with Crippen molar-refractivity contribution >= 4 is 28.1 Å². The molecule has 144 valence electrons. The van der Waals surface area contributed by atoms with Crippen molar-refractivity contribution in [2.75, 3.05) is 26.2 Å². The van der Waals surface area contributed by atoms with Crippen LogP contribution in [0.15, 0.2) is 30.5 Å². The van der Waals surface area contributed by atoms with Crippen molar-refractivity contribution in [3.05, 3.63) is 52.3 Å². The van der Waals surface area contributed by atoms with Crippen LogP contribution in [0.25, 0.3) is 4.96 Å². The van der Waals surface area contributed by atoms with E-state index in [4.69, 9.17) is 0 Å². The minimum atomic E-state index is -0.0406. The lowest BCUT2D eigenvalue weighted by Gasteiger charge is -2.21. The third-order valence-electron chi connectivity index (χ3n) is 5.72. The zero-order valence-corrected chi connectivity index (χ0v) is 16.6. The number of imidazole rings is 1. The Kier molecular flexibility index (Phi) is 3.97. The van der Waals surface area contributed by atoms with Crippen LogP contribution in [0.4, 0.5) is 0 Å². The van der Waals surface area contributed by atoms with E-state index in [2.05, 4.69) is 10.1 Å². The molecule has 2 aliphatic rings. The van der Waals surface area contributed by atoms with Gasteiger partial charge in [0.15, 0.2) is 0 Å². The highest BCUT2D eigenvalue weighted by molar-refractivity contribution is 7.16. The molecule has 0 unspecified atom stereocenters. The van der Waals surface area contributed by atoms with Gasteiger partial charge in [-0.05, 0) is 26.0 Å². The van der Waals surface area contributed by atoms with Gasteiger partial charge >= 0.3 is 0 Å². The molecule has 5 rings (SSSR count). The standard InChI is InChI=1S/C20H21N5O2S/c1-12-3-5-14(6-4-12)18(26)23-7-15-9-24(10-16(15)8-23)19(27)17-11-25-20(21-17)28-13(2)22-25/h3-6,11,15-16H,7-10H2,1-2H3/t15-,16+. The number of nitrogens with zero attached hydrogens (tertiary/aromatic N) is 5. The molecule has 2 fully saturated rings. The molecule has 0 N–H and O–H groups in total. The third-order valence-corrected chi connectivity index (χ3v) is 6.56. The molecule has 2 aliphatic heterocycles. The molecule has 0 spiro atoms. The Hall–Kier alpha value is -2.74. The minimum Gasteiger partial charge on any atom is -0.338 e. The fourth-order valence-corrected chi connectivity index (χ4v) is 4.99. The predicted molar refractivity (Wildman–Crippen MR) is 106 cm³/mol. The summed E-state index contributed by atoms with van der Waals surface area (Å²) in [5.41, 5.74) is 2.33. The van der Waals surface area contributed by atoms with E-state index in [1.165, 1.54) is 11.3 Å². The lowest BCUT2D eigenvalue weighted by Crippen LogP contribution is -2.35. The van der Waals surface area contributed by atoms with E-state index in [0.29, 0.717) is 43.7 Å². The highest BCUT2D eigenvalue weighted by Gasteiger charge is 2.43. The average molecular weight is 395 g/mol. The van der Waals surface area contributed by atoms with Crippen molar-refractivity contribution in [1.29, 1.82) is 0 Å². The third kappa shape index (κ3) is 2.88. The highest BCUT2D eigenvalue weighted by atomic mass is 32.1. The Morgan fingerprint density at radius 3 is 2.18 bits per heavy atom. The minimum absolute atomic E-state index is 0.0406. The number of aromatic nitrogens is 3. The quantitative estimate of drug-likeness (QED) is 0.667. The van der Waals surface area contributed by atoms with E-state index in [9.17, 15) is 9.59 Å². The maximum atomic E-state index is 12.8. The number of fused-ring (bicyclic) bond motifs is 2. The summed E-state index contributed by atoms with van der Waals surface area (Å²) in [7, 11) is 0. The zero-order valence-electron chi connectivity index (χ0n) is 15.8. The maximum absolute atomic E-state index is 12.8. The molecule has 0 aliphatic carbocycles. The van der Waals surface area contributed by atoms with Crippen molar-refractivity contribution in [2.45, 2.75) is 13.8 Å². The van der Waals surface area contributed by atoms with Crippen LogP contribution in [0.3, 0.4) is 0 Å². The number of rotatable bonds is 2. The van der Waals surface area contributed by atoms with Crippen LogP contribution in [0.5, 0.6) is 0 Å². The van der Waals surface area contributed by atoms with Crippen LogP contribution in [0.2, 0.25) is 0 Å². The monoisotopic (exact) mass is 395 g/mol. The normalized spacial score (nSPS) is 21.5. The van der Waals surface area contributed by atoms with Gasteiger partial charge in [-0.25, -0.2) is 9.50 Å². The summed E-state index contributed by atoms with van der Waals surface area (Å²) < 4.78 is 1.67. The zero-order chi connectivity index (χ0) is 19.4. The van der Waals surface area contributed by atoms with Crippen LogP contribution in [-0.2, 0) is 0 Å². The Morgan fingerprint density at radius 2 is 1.57 bits per heavy atom. The molecule has 2 saturated heterocycles. The summed E-state index contributed by atoms with van der Waals surface area (Å²) in [5.74, 6) is 0.717.